The van der Waals surface area contributed by atoms with Crippen molar-refractivity contribution in [1.29, 1.82) is 5.26 Å². The zero-order valence-corrected chi connectivity index (χ0v) is 22.9. The molecule has 0 spiro atoms. The predicted molar refractivity (Wildman–Crippen MR) is 144 cm³/mol. The van der Waals surface area contributed by atoms with Gasteiger partial charge in [0.25, 0.3) is 0 Å². The van der Waals surface area contributed by atoms with E-state index in [1.807, 2.05) is 0 Å². The Morgan fingerprint density at radius 1 is 1.29 bits per heavy atom. The van der Waals surface area contributed by atoms with Gasteiger partial charge in [-0.05, 0) is 49.4 Å². The lowest BCUT2D eigenvalue weighted by Crippen LogP contribution is -2.54. The predicted octanol–water partition coefficient (Wildman–Crippen LogP) is 0.623. The van der Waals surface area contributed by atoms with Crippen molar-refractivity contribution in [1.82, 2.24) is 19.8 Å². The summed E-state index contributed by atoms with van der Waals surface area (Å²) in [6.45, 7) is 0.823. The first-order valence-electron chi connectivity index (χ1n) is 11.9. The number of allylic oxidation sites excluding steroid dienone is 1. The Hall–Kier alpha value is -3.73. The van der Waals surface area contributed by atoms with Gasteiger partial charge >= 0.3 is 0 Å². The molecule has 0 aliphatic carbocycles. The summed E-state index contributed by atoms with van der Waals surface area (Å²) in [7, 11) is 2.43. The number of amidine groups is 1. The zero-order chi connectivity index (χ0) is 28.3. The second-order valence-corrected chi connectivity index (χ2v) is 11.1. The number of sulfonamides is 1. The van der Waals surface area contributed by atoms with Crippen molar-refractivity contribution >= 4 is 33.7 Å². The fourth-order valence-corrected chi connectivity index (χ4v) is 4.81. The number of aldehydes is 1. The van der Waals surface area contributed by atoms with Crippen LogP contribution in [0.4, 0.5) is 5.69 Å². The van der Waals surface area contributed by atoms with E-state index in [4.69, 9.17) is 10.5 Å². The number of nitriles is 1. The third-order valence-corrected chi connectivity index (χ3v) is 7.95. The Kier molecular flexibility index (Phi) is 11.0. The number of nitrogens with two attached hydrogens (primary N) is 1. The van der Waals surface area contributed by atoms with Crippen LogP contribution >= 0.6 is 0 Å². The molecule has 1 fully saturated rings. The van der Waals surface area contributed by atoms with Crippen molar-refractivity contribution in [3.05, 3.63) is 47.8 Å². The molecule has 2 rings (SSSR count). The number of nitrogens with zero attached hydrogens (tertiary/aromatic N) is 4. The number of ether oxygens (including phenoxy) is 1. The van der Waals surface area contributed by atoms with Crippen LogP contribution < -0.4 is 16.4 Å². The topological polar surface area (TPSA) is 170 Å². The fraction of sp³-hybridized carbons (Fsp3) is 0.440. The Labute approximate surface area is 223 Å². The van der Waals surface area contributed by atoms with E-state index in [1.54, 1.807) is 24.2 Å². The van der Waals surface area contributed by atoms with Crippen molar-refractivity contribution in [3.63, 3.8) is 0 Å². The molecule has 0 saturated carbocycles. The molecule has 0 unspecified atom stereocenters. The highest BCUT2D eigenvalue weighted by Gasteiger charge is 2.36. The van der Waals surface area contributed by atoms with Gasteiger partial charge in [0.2, 0.25) is 15.9 Å². The van der Waals surface area contributed by atoms with Gasteiger partial charge in [-0.25, -0.2) is 17.7 Å². The van der Waals surface area contributed by atoms with Crippen LogP contribution in [0.15, 0.2) is 57.7 Å². The van der Waals surface area contributed by atoms with Crippen LogP contribution in [0.5, 0.6) is 0 Å². The summed E-state index contributed by atoms with van der Waals surface area (Å²) < 4.78 is 30.7. The number of methoxy groups -OCH3 is 1. The van der Waals surface area contributed by atoms with Gasteiger partial charge in [0.05, 0.1) is 39.9 Å². The number of carbonyl (C=O) groups excluding carboxylic acids is 2. The van der Waals surface area contributed by atoms with Gasteiger partial charge in [-0.1, -0.05) is 0 Å². The molecular weight excluding hydrogens is 510 g/mol. The SMILES string of the molecule is CN/C=C\C(NC1(CC#N)CCN(C(=O)COC)CC1)=C(/C=O)C(N)=Nc1ccc(S(=O)(=O)N(C)C)cc1. The number of hydrogen-bond donors (Lipinski definition) is 3. The van der Waals surface area contributed by atoms with Crippen molar-refractivity contribution < 1.29 is 22.7 Å². The molecule has 0 atom stereocenters. The molecule has 1 aliphatic heterocycles. The Morgan fingerprint density at radius 3 is 2.42 bits per heavy atom. The minimum atomic E-state index is -3.60. The Morgan fingerprint density at radius 2 is 1.92 bits per heavy atom. The van der Waals surface area contributed by atoms with E-state index < -0.39 is 15.6 Å². The first-order valence-corrected chi connectivity index (χ1v) is 13.3. The minimum Gasteiger partial charge on any atom is -0.394 e. The van der Waals surface area contributed by atoms with Crippen LogP contribution in [0.25, 0.3) is 0 Å². The van der Waals surface area contributed by atoms with Gasteiger partial charge in [0.15, 0.2) is 6.29 Å². The van der Waals surface area contributed by atoms with Gasteiger partial charge < -0.3 is 26.0 Å². The molecule has 4 N–H and O–H groups in total. The van der Waals surface area contributed by atoms with E-state index >= 15 is 0 Å². The molecule has 1 heterocycles. The number of rotatable bonds is 12. The molecule has 1 aliphatic rings. The van der Waals surface area contributed by atoms with Crippen LogP contribution in [-0.2, 0) is 24.3 Å². The summed E-state index contributed by atoms with van der Waals surface area (Å²) in [5.74, 6) is -0.218. The van der Waals surface area contributed by atoms with Crippen LogP contribution in [-0.4, -0.2) is 89.1 Å². The highest BCUT2D eigenvalue weighted by Crippen LogP contribution is 2.28. The summed E-state index contributed by atoms with van der Waals surface area (Å²) in [6.07, 6.45) is 4.89. The van der Waals surface area contributed by atoms with Crippen LogP contribution in [0, 0.1) is 11.3 Å². The lowest BCUT2D eigenvalue weighted by atomic mass is 9.84. The average molecular weight is 546 g/mol. The zero-order valence-electron chi connectivity index (χ0n) is 22.1. The second kappa shape index (κ2) is 13.7. The number of piperidine rings is 1. The summed E-state index contributed by atoms with van der Waals surface area (Å²) in [5, 5.41) is 15.8. The van der Waals surface area contributed by atoms with E-state index in [0.29, 0.717) is 43.6 Å². The number of hydrogen-bond acceptors (Lipinski definition) is 9. The molecule has 38 heavy (non-hydrogen) atoms. The monoisotopic (exact) mass is 545 g/mol. The van der Waals surface area contributed by atoms with Gasteiger partial charge in [-0.3, -0.25) is 9.59 Å². The molecule has 0 aromatic heterocycles. The number of amides is 1. The highest BCUT2D eigenvalue weighted by atomic mass is 32.2. The first kappa shape index (κ1) is 30.5. The standard InChI is InChI=1S/C25H35N7O5S/c1-28-14-9-22(30-25(10-13-26)11-15-32(16-12-25)23(34)18-37-4)21(17-33)24(27)29-19-5-7-20(8-6-19)38(35,36)31(2)3/h5-9,14,17,28,30H,10-12,15-16,18H2,1-4H3,(H2,27,29)/b14-9-,22-21-. The average Bonchev–Trinajstić information content (AvgIpc) is 2.88. The summed E-state index contributed by atoms with van der Waals surface area (Å²) in [6, 6.07) is 8.01. The minimum absolute atomic E-state index is 0.0148. The second-order valence-electron chi connectivity index (χ2n) is 8.90. The van der Waals surface area contributed by atoms with E-state index in [-0.39, 0.29) is 35.2 Å². The molecule has 1 amide bonds. The number of benzene rings is 1. The molecule has 1 saturated heterocycles. The lowest BCUT2D eigenvalue weighted by molar-refractivity contribution is -0.136. The smallest absolute Gasteiger partial charge is 0.248 e. The molecule has 0 radical (unpaired) electrons. The van der Waals surface area contributed by atoms with E-state index in [1.165, 1.54) is 45.5 Å². The lowest BCUT2D eigenvalue weighted by Gasteiger charge is -2.42. The largest absolute Gasteiger partial charge is 0.394 e. The van der Waals surface area contributed by atoms with E-state index in [0.717, 1.165) is 4.31 Å². The maximum absolute atomic E-state index is 12.3. The van der Waals surface area contributed by atoms with Crippen molar-refractivity contribution in [2.45, 2.75) is 29.7 Å². The van der Waals surface area contributed by atoms with Crippen molar-refractivity contribution in [3.8, 4) is 6.07 Å². The summed E-state index contributed by atoms with van der Waals surface area (Å²) in [5.41, 5.74) is 6.30. The molecule has 0 bridgehead atoms. The van der Waals surface area contributed by atoms with Crippen LogP contribution in [0.2, 0.25) is 0 Å². The third-order valence-electron chi connectivity index (χ3n) is 6.12. The molecule has 13 heteroatoms. The maximum atomic E-state index is 12.3. The maximum Gasteiger partial charge on any atom is 0.248 e. The Balaban J connectivity index is 2.41. The normalized spacial score (nSPS) is 16.6. The van der Waals surface area contributed by atoms with E-state index in [2.05, 4.69) is 21.7 Å². The molecule has 12 nitrogen and oxygen atoms in total. The fourth-order valence-electron chi connectivity index (χ4n) is 3.91. The van der Waals surface area contributed by atoms with Crippen molar-refractivity contribution in [2.24, 2.45) is 10.7 Å². The number of carbonyl (C=O) groups is 2. The summed E-state index contributed by atoms with van der Waals surface area (Å²) >= 11 is 0. The first-order chi connectivity index (χ1) is 18.0. The molecule has 206 valence electrons. The van der Waals surface area contributed by atoms with Gasteiger partial charge in [0, 0.05) is 41.3 Å². The number of aliphatic imine (C=N–C) groups is 1. The quantitative estimate of drug-likeness (QED) is 0.112. The highest BCUT2D eigenvalue weighted by molar-refractivity contribution is 7.89. The van der Waals surface area contributed by atoms with Crippen LogP contribution in [0.3, 0.4) is 0 Å². The third kappa shape index (κ3) is 7.64. The summed E-state index contributed by atoms with van der Waals surface area (Å²) in [4.78, 5) is 30.5. The molecular formula is C25H35N7O5S. The number of likely N-dealkylation sites (tertiary alicyclic amines) is 1. The Bertz CT molecular complexity index is 1220. The van der Waals surface area contributed by atoms with Gasteiger partial charge in [-0.2, -0.15) is 5.26 Å². The van der Waals surface area contributed by atoms with Gasteiger partial charge in [0.1, 0.15) is 12.4 Å². The van der Waals surface area contributed by atoms with E-state index in [9.17, 15) is 23.3 Å². The molecule has 1 aromatic carbocycles. The van der Waals surface area contributed by atoms with Crippen LogP contribution in [0.1, 0.15) is 19.3 Å². The van der Waals surface area contributed by atoms with Crippen molar-refractivity contribution in [2.75, 3.05) is 47.9 Å². The van der Waals surface area contributed by atoms with Gasteiger partial charge in [-0.15, -0.1) is 0 Å². The molecule has 1 aromatic rings. The number of nitrogens with one attached hydrogen (secondary N) is 2.